The topological polar surface area (TPSA) is 98.0 Å². The van der Waals surface area contributed by atoms with Gasteiger partial charge in [0.2, 0.25) is 10.0 Å². The highest BCUT2D eigenvalue weighted by molar-refractivity contribution is 7.89. The van der Waals surface area contributed by atoms with Crippen LogP contribution < -0.4 is 0 Å². The van der Waals surface area contributed by atoms with Crippen molar-refractivity contribution in [2.24, 2.45) is 5.41 Å². The van der Waals surface area contributed by atoms with Gasteiger partial charge in [-0.25, -0.2) is 31.3 Å². The molecule has 238 valence electrons. The van der Waals surface area contributed by atoms with Crippen LogP contribution in [0.4, 0.5) is 13.2 Å². The highest BCUT2D eigenvalue weighted by Gasteiger charge is 2.57. The molecule has 3 aliphatic rings. The minimum Gasteiger partial charge on any atom is -0.291 e. The zero-order valence-electron chi connectivity index (χ0n) is 24.1. The van der Waals surface area contributed by atoms with Crippen molar-refractivity contribution < 1.29 is 26.4 Å². The first-order valence-electron chi connectivity index (χ1n) is 14.6. The van der Waals surface area contributed by atoms with Gasteiger partial charge in [-0.15, -0.1) is 0 Å². The van der Waals surface area contributed by atoms with Crippen molar-refractivity contribution in [1.29, 1.82) is 0 Å². The molecule has 0 bridgehead atoms. The zero-order chi connectivity index (χ0) is 32.4. The molecule has 46 heavy (non-hydrogen) atoms. The Morgan fingerprint density at radius 3 is 2.41 bits per heavy atom. The van der Waals surface area contributed by atoms with Gasteiger partial charge in [-0.2, -0.15) is 9.40 Å². The maximum absolute atomic E-state index is 14.6. The Morgan fingerprint density at radius 1 is 0.978 bits per heavy atom. The van der Waals surface area contributed by atoms with Crippen LogP contribution in [0.1, 0.15) is 53.8 Å². The molecule has 3 aromatic heterocycles. The number of aromatic nitrogens is 4. The molecule has 2 fully saturated rings. The fourth-order valence-electron chi connectivity index (χ4n) is 7.00. The van der Waals surface area contributed by atoms with E-state index in [2.05, 4.69) is 15.1 Å². The molecule has 1 aromatic carbocycles. The molecule has 2 saturated carbocycles. The van der Waals surface area contributed by atoms with Gasteiger partial charge in [0.15, 0.2) is 5.78 Å². The molecule has 0 spiro atoms. The normalized spacial score (nSPS) is 22.5. The van der Waals surface area contributed by atoms with Crippen LogP contribution in [0.3, 0.4) is 0 Å². The number of hydrogen-bond donors (Lipinski definition) is 0. The smallest absolute Gasteiger partial charge is 0.251 e. The van der Waals surface area contributed by atoms with E-state index >= 15 is 0 Å². The molecule has 0 amide bonds. The summed E-state index contributed by atoms with van der Waals surface area (Å²) >= 11 is 12.2. The summed E-state index contributed by atoms with van der Waals surface area (Å²) in [7, 11) is -4.32. The first-order valence-corrected chi connectivity index (χ1v) is 16.8. The lowest BCUT2D eigenvalue weighted by Crippen LogP contribution is -2.59. The van der Waals surface area contributed by atoms with Gasteiger partial charge in [-0.3, -0.25) is 9.78 Å². The second kappa shape index (κ2) is 11.3. The van der Waals surface area contributed by atoms with E-state index in [0.717, 1.165) is 23.0 Å². The van der Waals surface area contributed by atoms with E-state index in [0.29, 0.717) is 17.1 Å². The summed E-state index contributed by atoms with van der Waals surface area (Å²) in [5, 5.41) is 4.93. The largest absolute Gasteiger partial charge is 0.291 e. The quantitative estimate of drug-likeness (QED) is 0.154. The number of sulfonamides is 1. The van der Waals surface area contributed by atoms with Crippen molar-refractivity contribution in [3.63, 3.8) is 0 Å². The summed E-state index contributed by atoms with van der Waals surface area (Å²) in [5.74, 6) is -3.74. The van der Waals surface area contributed by atoms with Crippen LogP contribution in [0, 0.1) is 11.2 Å². The monoisotopic (exact) mass is 687 g/mol. The molecular formula is C32H26Cl2F3N5O3S. The Morgan fingerprint density at radius 2 is 1.74 bits per heavy atom. The third-order valence-corrected chi connectivity index (χ3v) is 11.6. The van der Waals surface area contributed by atoms with Crippen LogP contribution >= 0.6 is 23.2 Å². The minimum absolute atomic E-state index is 0.0232. The number of ketones is 1. The maximum atomic E-state index is 14.6. The molecule has 0 unspecified atom stereocenters. The van der Waals surface area contributed by atoms with Gasteiger partial charge in [0.05, 0.1) is 23.0 Å². The van der Waals surface area contributed by atoms with Gasteiger partial charge >= 0.3 is 0 Å². The molecule has 8 nitrogen and oxygen atoms in total. The number of hydrogen-bond acceptors (Lipinski definition) is 6. The first kappa shape index (κ1) is 31.0. The number of carbonyl (C=O) groups is 1. The van der Waals surface area contributed by atoms with E-state index < -0.39 is 52.1 Å². The summed E-state index contributed by atoms with van der Waals surface area (Å²) in [6, 6.07) is 9.76. The SMILES string of the molecule is O=C(c1cc(Cl)ccn1)[C@]12Cc3cnn(-c4ccc(F)cc4)c3C=C1CC[C@H](N(C1CC(F)(F)C1)S(=O)(=O)c1ccc(Cl)nc1)C2. The fraction of sp³-hybridized carbons (Fsp3) is 0.312. The number of Topliss-reactive ketones (excluding diaryl/α,β-unsaturated/α-hetero) is 1. The Hall–Kier alpha value is -3.58. The highest BCUT2D eigenvalue weighted by Crippen LogP contribution is 2.53. The predicted molar refractivity (Wildman–Crippen MR) is 165 cm³/mol. The van der Waals surface area contributed by atoms with Crippen LogP contribution in [0.15, 0.2) is 77.6 Å². The molecule has 0 radical (unpaired) electrons. The third-order valence-electron chi connectivity index (χ3n) is 9.16. The van der Waals surface area contributed by atoms with Gasteiger partial charge in [0, 0.05) is 42.3 Å². The number of benzene rings is 1. The Kier molecular flexibility index (Phi) is 7.62. The van der Waals surface area contributed by atoms with E-state index in [-0.39, 0.29) is 40.8 Å². The Balaban J connectivity index is 1.33. The van der Waals surface area contributed by atoms with Crippen molar-refractivity contribution in [2.45, 2.75) is 61.4 Å². The number of rotatable bonds is 7. The Bertz CT molecular complexity index is 1980. The van der Waals surface area contributed by atoms with Crippen molar-refractivity contribution >= 4 is 45.1 Å². The van der Waals surface area contributed by atoms with E-state index in [4.69, 9.17) is 23.2 Å². The molecular weight excluding hydrogens is 662 g/mol. The van der Waals surface area contributed by atoms with Gasteiger partial charge < -0.3 is 0 Å². The van der Waals surface area contributed by atoms with E-state index in [1.807, 2.05) is 6.08 Å². The molecule has 14 heteroatoms. The molecule has 7 rings (SSSR count). The van der Waals surface area contributed by atoms with Crippen LogP contribution in [-0.2, 0) is 16.4 Å². The summed E-state index contributed by atoms with van der Waals surface area (Å²) in [6.07, 6.45) is 5.58. The van der Waals surface area contributed by atoms with Crippen molar-refractivity contribution in [3.05, 3.63) is 106 Å². The highest BCUT2D eigenvalue weighted by atomic mass is 35.5. The number of pyridine rings is 2. The van der Waals surface area contributed by atoms with E-state index in [1.54, 1.807) is 29.1 Å². The average molecular weight is 689 g/mol. The fourth-order valence-corrected chi connectivity index (χ4v) is 9.05. The second-order valence-corrected chi connectivity index (χ2v) is 14.7. The average Bonchev–Trinajstić information content (AvgIpc) is 3.41. The number of fused-ring (bicyclic) bond motifs is 2. The molecule has 0 aliphatic heterocycles. The van der Waals surface area contributed by atoms with Gasteiger partial charge in [-0.05, 0) is 85.9 Å². The first-order chi connectivity index (χ1) is 21.9. The molecule has 0 N–H and O–H groups in total. The summed E-state index contributed by atoms with van der Waals surface area (Å²) in [4.78, 5) is 22.6. The predicted octanol–water partition coefficient (Wildman–Crippen LogP) is 6.96. The van der Waals surface area contributed by atoms with Crippen molar-refractivity contribution in [2.75, 3.05) is 0 Å². The molecule has 0 saturated heterocycles. The lowest BCUT2D eigenvalue weighted by molar-refractivity contribution is -0.116. The van der Waals surface area contributed by atoms with Crippen molar-refractivity contribution in [3.8, 4) is 5.69 Å². The van der Waals surface area contributed by atoms with E-state index in [1.165, 1.54) is 40.8 Å². The number of nitrogens with zero attached hydrogens (tertiary/aromatic N) is 5. The van der Waals surface area contributed by atoms with Crippen LogP contribution in [0.2, 0.25) is 10.2 Å². The number of allylic oxidation sites excluding steroid dienone is 1. The molecule has 2 atom stereocenters. The third kappa shape index (κ3) is 5.34. The lowest BCUT2D eigenvalue weighted by atomic mass is 9.60. The van der Waals surface area contributed by atoms with Crippen LogP contribution in [0.25, 0.3) is 11.8 Å². The van der Waals surface area contributed by atoms with Crippen LogP contribution in [0.5, 0.6) is 0 Å². The van der Waals surface area contributed by atoms with Gasteiger partial charge in [-0.1, -0.05) is 28.8 Å². The number of halogens is 5. The van der Waals surface area contributed by atoms with Gasteiger partial charge in [0.1, 0.15) is 21.6 Å². The maximum Gasteiger partial charge on any atom is 0.251 e. The van der Waals surface area contributed by atoms with Crippen LogP contribution in [-0.4, -0.2) is 56.3 Å². The minimum atomic E-state index is -4.32. The molecule has 3 aliphatic carbocycles. The molecule has 3 heterocycles. The lowest BCUT2D eigenvalue weighted by Gasteiger charge is -2.50. The molecule has 4 aromatic rings. The summed E-state index contributed by atoms with van der Waals surface area (Å²) < 4.78 is 73.3. The number of carbonyl (C=O) groups excluding carboxylic acids is 1. The second-order valence-electron chi connectivity index (χ2n) is 12.0. The van der Waals surface area contributed by atoms with Crippen molar-refractivity contribution in [1.82, 2.24) is 24.1 Å². The summed E-state index contributed by atoms with van der Waals surface area (Å²) in [6.45, 7) is 0. The Labute approximate surface area is 272 Å². The summed E-state index contributed by atoms with van der Waals surface area (Å²) in [5.41, 5.74) is 1.66. The zero-order valence-corrected chi connectivity index (χ0v) is 26.4. The van der Waals surface area contributed by atoms with Gasteiger partial charge in [0.25, 0.3) is 5.92 Å². The van der Waals surface area contributed by atoms with E-state index in [9.17, 15) is 26.4 Å². The number of alkyl halides is 2. The standard InChI is InChI=1S/C32H26Cl2F3N5O3S/c33-21-9-10-38-27(12-21)30(43)31-13-19-17-40-41(23-5-2-22(35)3-6-23)28(19)11-20(31)1-4-24(14-31)42(25-15-32(36,37)16-25)46(44,45)26-7-8-29(34)39-18-26/h2-3,5-12,17-18,24-25H,1,4,13-16H2/t24-,31-/m0/s1.